The smallest absolute Gasteiger partial charge is 0.261 e. The van der Waals surface area contributed by atoms with Gasteiger partial charge in [0.1, 0.15) is 0 Å². The van der Waals surface area contributed by atoms with Gasteiger partial charge in [0.15, 0.2) is 0 Å². The molecule has 0 aliphatic rings. The highest BCUT2D eigenvalue weighted by atomic mass is 32.2. The van der Waals surface area contributed by atoms with E-state index < -0.39 is 10.0 Å². The fourth-order valence-corrected chi connectivity index (χ4v) is 3.55. The zero-order valence-corrected chi connectivity index (χ0v) is 15.0. The van der Waals surface area contributed by atoms with Crippen LogP contribution in [0.15, 0.2) is 77.7 Å². The van der Waals surface area contributed by atoms with E-state index in [1.165, 1.54) is 0 Å². The molecule has 0 bridgehead atoms. The number of sulfonamides is 1. The summed E-state index contributed by atoms with van der Waals surface area (Å²) in [6, 6.07) is 22.1. The number of benzene rings is 3. The van der Waals surface area contributed by atoms with E-state index in [9.17, 15) is 8.42 Å². The molecule has 0 aliphatic heterocycles. The van der Waals surface area contributed by atoms with Crippen molar-refractivity contribution >= 4 is 27.1 Å². The maximum Gasteiger partial charge on any atom is 0.261 e. The Labute approximate surface area is 148 Å². The first-order valence-electron chi connectivity index (χ1n) is 7.96. The number of rotatable bonds is 5. The second-order valence-corrected chi connectivity index (χ2v) is 7.60. The summed E-state index contributed by atoms with van der Waals surface area (Å²) in [5.74, 6) is 0. The molecule has 3 aromatic carbocycles. The number of aryl methyl sites for hydroxylation is 2. The lowest BCUT2D eigenvalue weighted by Crippen LogP contribution is -2.13. The van der Waals surface area contributed by atoms with E-state index in [0.717, 1.165) is 22.5 Å². The largest absolute Gasteiger partial charge is 0.356 e. The maximum atomic E-state index is 12.5. The normalized spacial score (nSPS) is 11.1. The van der Waals surface area contributed by atoms with E-state index >= 15 is 0 Å². The average molecular weight is 352 g/mol. The quantitative estimate of drug-likeness (QED) is 0.690. The Balaban J connectivity index is 1.75. The molecule has 0 saturated heterocycles. The molecule has 2 N–H and O–H groups in total. The third kappa shape index (κ3) is 4.19. The number of hydrogen-bond acceptors (Lipinski definition) is 3. The molecule has 128 valence electrons. The second kappa shape index (κ2) is 6.99. The minimum Gasteiger partial charge on any atom is -0.356 e. The Morgan fingerprint density at radius 2 is 1.28 bits per heavy atom. The number of hydrogen-bond donors (Lipinski definition) is 2. The van der Waals surface area contributed by atoms with Crippen LogP contribution < -0.4 is 10.0 Å². The molecule has 0 aromatic heterocycles. The molecule has 0 aliphatic carbocycles. The van der Waals surface area contributed by atoms with E-state index in [0.29, 0.717) is 5.69 Å². The summed E-state index contributed by atoms with van der Waals surface area (Å²) in [4.78, 5) is 0.266. The molecular weight excluding hydrogens is 332 g/mol. The van der Waals surface area contributed by atoms with Crippen LogP contribution in [-0.4, -0.2) is 8.42 Å². The van der Waals surface area contributed by atoms with Gasteiger partial charge in [0.05, 0.1) is 4.90 Å². The average Bonchev–Trinajstić information content (AvgIpc) is 2.60. The van der Waals surface area contributed by atoms with Gasteiger partial charge in [-0.05, 0) is 73.5 Å². The van der Waals surface area contributed by atoms with Gasteiger partial charge < -0.3 is 5.32 Å². The molecule has 0 unspecified atom stereocenters. The summed E-state index contributed by atoms with van der Waals surface area (Å²) in [5, 5.41) is 3.26. The van der Waals surface area contributed by atoms with Gasteiger partial charge in [-0.25, -0.2) is 8.42 Å². The molecule has 0 atom stereocenters. The zero-order valence-electron chi connectivity index (χ0n) is 14.2. The van der Waals surface area contributed by atoms with Crippen LogP contribution in [0.4, 0.5) is 17.1 Å². The summed E-state index contributed by atoms with van der Waals surface area (Å²) < 4.78 is 27.6. The summed E-state index contributed by atoms with van der Waals surface area (Å²) in [5.41, 5.74) is 4.41. The van der Waals surface area contributed by atoms with Gasteiger partial charge in [-0.1, -0.05) is 24.3 Å². The van der Waals surface area contributed by atoms with E-state index in [4.69, 9.17) is 0 Å². The van der Waals surface area contributed by atoms with Crippen LogP contribution in [0, 0.1) is 13.8 Å². The minimum atomic E-state index is -3.59. The van der Waals surface area contributed by atoms with Gasteiger partial charge in [0, 0.05) is 17.1 Å². The van der Waals surface area contributed by atoms with Crippen LogP contribution in [0.1, 0.15) is 11.1 Å². The van der Waals surface area contributed by atoms with Crippen molar-refractivity contribution < 1.29 is 8.42 Å². The Morgan fingerprint density at radius 1 is 0.680 bits per heavy atom. The monoisotopic (exact) mass is 352 g/mol. The van der Waals surface area contributed by atoms with Gasteiger partial charge in [-0.15, -0.1) is 0 Å². The van der Waals surface area contributed by atoms with Crippen LogP contribution in [0.2, 0.25) is 0 Å². The van der Waals surface area contributed by atoms with Crippen molar-refractivity contribution in [2.45, 2.75) is 18.7 Å². The molecule has 3 rings (SSSR count). The van der Waals surface area contributed by atoms with E-state index in [-0.39, 0.29) is 4.90 Å². The summed E-state index contributed by atoms with van der Waals surface area (Å²) in [6.07, 6.45) is 0. The van der Waals surface area contributed by atoms with Crippen molar-refractivity contribution in [3.8, 4) is 0 Å². The number of anilines is 3. The molecule has 0 radical (unpaired) electrons. The third-order valence-electron chi connectivity index (χ3n) is 3.99. The first kappa shape index (κ1) is 17.0. The van der Waals surface area contributed by atoms with Crippen molar-refractivity contribution in [2.24, 2.45) is 0 Å². The highest BCUT2D eigenvalue weighted by Gasteiger charge is 2.14. The van der Waals surface area contributed by atoms with Crippen LogP contribution in [0.5, 0.6) is 0 Å². The Kier molecular flexibility index (Phi) is 4.76. The number of para-hydroxylation sites is 1. The number of nitrogens with one attached hydrogen (secondary N) is 2. The lowest BCUT2D eigenvalue weighted by molar-refractivity contribution is 0.601. The molecule has 0 saturated carbocycles. The van der Waals surface area contributed by atoms with Crippen molar-refractivity contribution in [2.75, 3.05) is 10.0 Å². The molecular formula is C20H20N2O2S. The Bertz CT molecular complexity index is 966. The lowest BCUT2D eigenvalue weighted by Gasteiger charge is -2.11. The maximum absolute atomic E-state index is 12.5. The topological polar surface area (TPSA) is 58.2 Å². The molecule has 0 fully saturated rings. The first-order valence-corrected chi connectivity index (χ1v) is 9.44. The van der Waals surface area contributed by atoms with Crippen molar-refractivity contribution in [1.82, 2.24) is 0 Å². The molecule has 4 nitrogen and oxygen atoms in total. The van der Waals surface area contributed by atoms with Gasteiger partial charge in [0.25, 0.3) is 10.0 Å². The molecule has 25 heavy (non-hydrogen) atoms. The van der Waals surface area contributed by atoms with Crippen molar-refractivity contribution in [1.29, 1.82) is 0 Å². The van der Waals surface area contributed by atoms with Gasteiger partial charge in [-0.3, -0.25) is 4.72 Å². The minimum absolute atomic E-state index is 0.266. The molecule has 0 heterocycles. The van der Waals surface area contributed by atoms with Crippen LogP contribution in [0.3, 0.4) is 0 Å². The molecule has 0 spiro atoms. The molecule has 3 aromatic rings. The summed E-state index contributed by atoms with van der Waals surface area (Å²) in [7, 11) is -3.59. The Morgan fingerprint density at radius 3 is 1.92 bits per heavy atom. The SMILES string of the molecule is Cc1ccc(S(=O)(=O)Nc2ccc(Nc3ccccc3)cc2)cc1C. The van der Waals surface area contributed by atoms with E-state index in [1.807, 2.05) is 62.4 Å². The van der Waals surface area contributed by atoms with Gasteiger partial charge >= 0.3 is 0 Å². The lowest BCUT2D eigenvalue weighted by atomic mass is 10.1. The predicted octanol–water partition coefficient (Wildman–Crippen LogP) is 4.85. The predicted molar refractivity (Wildman–Crippen MR) is 103 cm³/mol. The summed E-state index contributed by atoms with van der Waals surface area (Å²) >= 11 is 0. The molecule has 5 heteroatoms. The molecule has 0 amide bonds. The van der Waals surface area contributed by atoms with Crippen LogP contribution >= 0.6 is 0 Å². The van der Waals surface area contributed by atoms with Crippen molar-refractivity contribution in [3.05, 3.63) is 83.9 Å². The fourth-order valence-electron chi connectivity index (χ4n) is 2.40. The first-order chi connectivity index (χ1) is 11.9. The third-order valence-corrected chi connectivity index (χ3v) is 5.37. The zero-order chi connectivity index (χ0) is 17.9. The van der Waals surface area contributed by atoms with E-state index in [2.05, 4.69) is 10.0 Å². The van der Waals surface area contributed by atoms with Crippen LogP contribution in [0.25, 0.3) is 0 Å². The highest BCUT2D eigenvalue weighted by Crippen LogP contribution is 2.22. The fraction of sp³-hybridized carbons (Fsp3) is 0.100. The van der Waals surface area contributed by atoms with Gasteiger partial charge in [0.2, 0.25) is 0 Å². The summed E-state index contributed by atoms with van der Waals surface area (Å²) in [6.45, 7) is 3.86. The second-order valence-electron chi connectivity index (χ2n) is 5.92. The van der Waals surface area contributed by atoms with Crippen LogP contribution in [-0.2, 0) is 10.0 Å². The standard InChI is InChI=1S/C20H20N2O2S/c1-15-8-13-20(14-16(15)2)25(23,24)22-19-11-9-18(10-12-19)21-17-6-4-3-5-7-17/h3-14,21-22H,1-2H3. The van der Waals surface area contributed by atoms with Crippen molar-refractivity contribution in [3.63, 3.8) is 0 Å². The Hall–Kier alpha value is -2.79. The van der Waals surface area contributed by atoms with E-state index in [1.54, 1.807) is 24.3 Å². The van der Waals surface area contributed by atoms with Gasteiger partial charge in [-0.2, -0.15) is 0 Å². The highest BCUT2D eigenvalue weighted by molar-refractivity contribution is 7.92.